The molecule has 0 radical (unpaired) electrons. The van der Waals surface area contributed by atoms with Crippen molar-refractivity contribution in [1.29, 1.82) is 0 Å². The van der Waals surface area contributed by atoms with E-state index in [0.29, 0.717) is 21.7 Å². The molecule has 1 unspecified atom stereocenters. The minimum Gasteiger partial charge on any atom is -0.508 e. The van der Waals surface area contributed by atoms with Gasteiger partial charge in [0, 0.05) is 10.6 Å². The van der Waals surface area contributed by atoms with Crippen molar-refractivity contribution in [2.45, 2.75) is 17.8 Å². The van der Waals surface area contributed by atoms with Crippen LogP contribution in [0.3, 0.4) is 0 Å². The SMILES string of the molecule is N[C@@H](Cc1ccc(O)c(C(Cl)c2ccccc2Cl)c1)C(=O)O. The first-order chi connectivity index (χ1) is 10.4. The second-order valence-electron chi connectivity index (χ2n) is 4.93. The Balaban J connectivity index is 2.34. The molecular weight excluding hydrogens is 325 g/mol. The first-order valence-corrected chi connectivity index (χ1v) is 7.40. The molecular formula is C16H15Cl2NO3. The third kappa shape index (κ3) is 3.71. The maximum atomic E-state index is 10.8. The molecule has 0 spiro atoms. The first kappa shape index (κ1) is 16.6. The van der Waals surface area contributed by atoms with Gasteiger partial charge in [0.1, 0.15) is 11.8 Å². The standard InChI is InChI=1S/C16H15Cl2NO3/c17-12-4-2-1-3-10(12)15(18)11-7-9(5-6-14(11)20)8-13(19)16(21)22/h1-7,13,15,20H,8,19H2,(H,21,22)/t13-,15?/m0/s1. The molecule has 0 fully saturated rings. The van der Waals surface area contributed by atoms with Gasteiger partial charge in [0.15, 0.2) is 0 Å². The van der Waals surface area contributed by atoms with Gasteiger partial charge < -0.3 is 15.9 Å². The van der Waals surface area contributed by atoms with Crippen LogP contribution >= 0.6 is 23.2 Å². The highest BCUT2D eigenvalue weighted by atomic mass is 35.5. The van der Waals surface area contributed by atoms with Crippen molar-refractivity contribution in [3.8, 4) is 5.75 Å². The summed E-state index contributed by atoms with van der Waals surface area (Å²) in [6, 6.07) is 10.8. The Kier molecular flexibility index (Phi) is 5.29. The minimum atomic E-state index is -1.08. The van der Waals surface area contributed by atoms with E-state index in [-0.39, 0.29) is 12.2 Å². The number of nitrogens with two attached hydrogens (primary N) is 1. The van der Waals surface area contributed by atoms with E-state index >= 15 is 0 Å². The Morgan fingerprint density at radius 3 is 2.50 bits per heavy atom. The maximum Gasteiger partial charge on any atom is 0.320 e. The third-order valence-electron chi connectivity index (χ3n) is 3.32. The second kappa shape index (κ2) is 7.01. The van der Waals surface area contributed by atoms with Gasteiger partial charge >= 0.3 is 5.97 Å². The molecule has 2 aromatic rings. The van der Waals surface area contributed by atoms with Gasteiger partial charge in [0.25, 0.3) is 0 Å². The Bertz CT molecular complexity index is 691. The molecule has 4 N–H and O–H groups in total. The van der Waals surface area contributed by atoms with Crippen LogP contribution < -0.4 is 5.73 Å². The number of halogens is 2. The van der Waals surface area contributed by atoms with Crippen LogP contribution in [0, 0.1) is 0 Å². The zero-order chi connectivity index (χ0) is 16.3. The van der Waals surface area contributed by atoms with Crippen LogP contribution in [0.25, 0.3) is 0 Å². The highest BCUT2D eigenvalue weighted by Gasteiger charge is 2.19. The highest BCUT2D eigenvalue weighted by Crippen LogP contribution is 2.38. The summed E-state index contributed by atoms with van der Waals surface area (Å²) in [5.41, 5.74) is 7.34. The number of carboxylic acids is 1. The number of hydrogen-bond donors (Lipinski definition) is 3. The van der Waals surface area contributed by atoms with E-state index in [1.807, 2.05) is 0 Å². The van der Waals surface area contributed by atoms with E-state index in [1.54, 1.807) is 36.4 Å². The number of phenolic OH excluding ortho intramolecular Hbond substituents is 1. The molecule has 4 nitrogen and oxygen atoms in total. The lowest BCUT2D eigenvalue weighted by Gasteiger charge is -2.15. The van der Waals surface area contributed by atoms with E-state index in [0.717, 1.165) is 0 Å². The Morgan fingerprint density at radius 2 is 1.86 bits per heavy atom. The first-order valence-electron chi connectivity index (χ1n) is 6.59. The summed E-state index contributed by atoms with van der Waals surface area (Å²) in [4.78, 5) is 10.8. The molecule has 6 heteroatoms. The number of alkyl halides is 1. The minimum absolute atomic E-state index is 0.0209. The van der Waals surface area contributed by atoms with E-state index in [9.17, 15) is 9.90 Å². The van der Waals surface area contributed by atoms with Crippen molar-refractivity contribution >= 4 is 29.2 Å². The number of carbonyl (C=O) groups is 1. The average molecular weight is 340 g/mol. The van der Waals surface area contributed by atoms with Gasteiger partial charge in [-0.1, -0.05) is 41.9 Å². The number of phenols is 1. The van der Waals surface area contributed by atoms with Crippen LogP contribution in [0.4, 0.5) is 0 Å². The predicted octanol–water partition coefficient (Wildman–Crippen LogP) is 3.33. The van der Waals surface area contributed by atoms with E-state index in [4.69, 9.17) is 34.0 Å². The number of hydrogen-bond acceptors (Lipinski definition) is 3. The van der Waals surface area contributed by atoms with Crippen LogP contribution in [-0.4, -0.2) is 22.2 Å². The van der Waals surface area contributed by atoms with Gasteiger partial charge in [-0.3, -0.25) is 4.79 Å². The molecule has 2 aromatic carbocycles. The van der Waals surface area contributed by atoms with Crippen LogP contribution in [-0.2, 0) is 11.2 Å². The maximum absolute atomic E-state index is 10.8. The Morgan fingerprint density at radius 1 is 1.18 bits per heavy atom. The van der Waals surface area contributed by atoms with Crippen molar-refractivity contribution in [1.82, 2.24) is 0 Å². The van der Waals surface area contributed by atoms with E-state index in [1.165, 1.54) is 6.07 Å². The van der Waals surface area contributed by atoms with Crippen LogP contribution in [0.1, 0.15) is 22.1 Å². The summed E-state index contributed by atoms with van der Waals surface area (Å²) >= 11 is 12.5. The number of aliphatic carboxylic acids is 1. The van der Waals surface area contributed by atoms with E-state index < -0.39 is 17.4 Å². The van der Waals surface area contributed by atoms with Gasteiger partial charge in [0.05, 0.1) is 5.38 Å². The lowest BCUT2D eigenvalue weighted by atomic mass is 9.98. The fraction of sp³-hybridized carbons (Fsp3) is 0.188. The molecule has 0 saturated heterocycles. The smallest absolute Gasteiger partial charge is 0.320 e. The quantitative estimate of drug-likeness (QED) is 0.729. The van der Waals surface area contributed by atoms with Crippen LogP contribution in [0.2, 0.25) is 5.02 Å². The molecule has 0 aliphatic rings. The highest BCUT2D eigenvalue weighted by molar-refractivity contribution is 6.33. The monoisotopic (exact) mass is 339 g/mol. The molecule has 2 atom stereocenters. The van der Waals surface area contributed by atoms with Gasteiger partial charge in [-0.15, -0.1) is 11.6 Å². The van der Waals surface area contributed by atoms with Crippen LogP contribution in [0.5, 0.6) is 5.75 Å². The summed E-state index contributed by atoms with van der Waals surface area (Å²) in [6.45, 7) is 0. The number of rotatable bonds is 5. The largest absolute Gasteiger partial charge is 0.508 e. The molecule has 2 rings (SSSR count). The Hall–Kier alpha value is -1.75. The fourth-order valence-corrected chi connectivity index (χ4v) is 2.79. The molecule has 22 heavy (non-hydrogen) atoms. The normalized spacial score (nSPS) is 13.6. The van der Waals surface area contributed by atoms with Gasteiger partial charge in [0.2, 0.25) is 0 Å². The zero-order valence-electron chi connectivity index (χ0n) is 11.5. The van der Waals surface area contributed by atoms with Crippen molar-refractivity contribution in [3.63, 3.8) is 0 Å². The molecule has 0 bridgehead atoms. The predicted molar refractivity (Wildman–Crippen MR) is 86.6 cm³/mol. The summed E-state index contributed by atoms with van der Waals surface area (Å²) in [6.07, 6.45) is 0.148. The van der Waals surface area contributed by atoms with Crippen molar-refractivity contribution in [3.05, 3.63) is 64.2 Å². The zero-order valence-corrected chi connectivity index (χ0v) is 13.1. The summed E-state index contributed by atoms with van der Waals surface area (Å²) in [5, 5.41) is 18.7. The fourth-order valence-electron chi connectivity index (χ4n) is 2.12. The lowest BCUT2D eigenvalue weighted by molar-refractivity contribution is -0.138. The van der Waals surface area contributed by atoms with Gasteiger partial charge in [-0.25, -0.2) is 0 Å². The number of benzene rings is 2. The third-order valence-corrected chi connectivity index (χ3v) is 4.13. The molecule has 0 aliphatic carbocycles. The van der Waals surface area contributed by atoms with Crippen molar-refractivity contribution in [2.75, 3.05) is 0 Å². The molecule has 0 amide bonds. The van der Waals surface area contributed by atoms with E-state index in [2.05, 4.69) is 0 Å². The van der Waals surface area contributed by atoms with Crippen molar-refractivity contribution < 1.29 is 15.0 Å². The second-order valence-corrected chi connectivity index (χ2v) is 5.77. The molecule has 116 valence electrons. The topological polar surface area (TPSA) is 83.5 Å². The number of aromatic hydroxyl groups is 1. The summed E-state index contributed by atoms with van der Waals surface area (Å²) in [7, 11) is 0. The molecule has 0 aliphatic heterocycles. The lowest BCUT2D eigenvalue weighted by Crippen LogP contribution is -2.32. The molecule has 0 aromatic heterocycles. The number of carboxylic acid groups (broad SMARTS) is 1. The Labute approximate surface area is 138 Å². The average Bonchev–Trinajstić information content (AvgIpc) is 2.49. The summed E-state index contributed by atoms with van der Waals surface area (Å²) < 4.78 is 0. The molecule has 0 heterocycles. The molecule has 0 saturated carbocycles. The summed E-state index contributed by atoms with van der Waals surface area (Å²) in [5.74, 6) is -1.06. The van der Waals surface area contributed by atoms with Gasteiger partial charge in [-0.2, -0.15) is 0 Å². The van der Waals surface area contributed by atoms with Gasteiger partial charge in [-0.05, 0) is 29.7 Å². The van der Waals surface area contributed by atoms with Crippen LogP contribution in [0.15, 0.2) is 42.5 Å². The van der Waals surface area contributed by atoms with Crippen molar-refractivity contribution in [2.24, 2.45) is 5.73 Å².